The van der Waals surface area contributed by atoms with Crippen molar-refractivity contribution in [2.24, 2.45) is 0 Å². The zero-order valence-corrected chi connectivity index (χ0v) is 15.0. The Morgan fingerprint density at radius 1 is 1.29 bits per heavy atom. The van der Waals surface area contributed by atoms with Gasteiger partial charge in [0.1, 0.15) is 12.4 Å². The van der Waals surface area contributed by atoms with E-state index in [1.54, 1.807) is 0 Å². The number of rotatable bonds is 9. The van der Waals surface area contributed by atoms with Gasteiger partial charge in [-0.3, -0.25) is 4.79 Å². The summed E-state index contributed by atoms with van der Waals surface area (Å²) in [7, 11) is 0. The van der Waals surface area contributed by atoms with Crippen LogP contribution in [0.5, 0.6) is 5.75 Å². The molecule has 0 saturated carbocycles. The van der Waals surface area contributed by atoms with Crippen LogP contribution >= 0.6 is 0 Å². The smallest absolute Gasteiger partial charge is 0.237 e. The average molecular weight is 333 g/mol. The highest BCUT2D eigenvalue weighted by Gasteiger charge is 2.20. The lowest BCUT2D eigenvalue weighted by Crippen LogP contribution is -2.46. The lowest BCUT2D eigenvalue weighted by atomic mass is 10.0. The topological polar surface area (TPSA) is 53.6 Å². The summed E-state index contributed by atoms with van der Waals surface area (Å²) in [5.41, 5.74) is 1.03. The molecular weight excluding hydrogens is 302 g/mol. The molecule has 2 N–H and O–H groups in total. The van der Waals surface area contributed by atoms with E-state index < -0.39 is 0 Å². The number of nitrogens with zero attached hydrogens (tertiary/aromatic N) is 1. The minimum absolute atomic E-state index is 0.0468. The van der Waals surface area contributed by atoms with E-state index in [9.17, 15) is 4.79 Å². The van der Waals surface area contributed by atoms with Gasteiger partial charge in [0.25, 0.3) is 0 Å². The summed E-state index contributed by atoms with van der Waals surface area (Å²) >= 11 is 0. The van der Waals surface area contributed by atoms with Gasteiger partial charge in [-0.25, -0.2) is 0 Å². The van der Waals surface area contributed by atoms with E-state index in [1.807, 2.05) is 24.3 Å². The van der Waals surface area contributed by atoms with Gasteiger partial charge in [-0.2, -0.15) is 0 Å². The number of benzene rings is 1. The van der Waals surface area contributed by atoms with Crippen LogP contribution in [-0.2, 0) is 11.3 Å². The van der Waals surface area contributed by atoms with Gasteiger partial charge >= 0.3 is 0 Å². The lowest BCUT2D eigenvalue weighted by Gasteiger charge is -2.23. The Bertz CT molecular complexity index is 497. The molecule has 1 saturated heterocycles. The van der Waals surface area contributed by atoms with Crippen LogP contribution in [0.3, 0.4) is 0 Å². The first-order valence-electron chi connectivity index (χ1n) is 9.18. The van der Waals surface area contributed by atoms with Crippen LogP contribution in [-0.4, -0.2) is 49.6 Å². The molecule has 134 valence electrons. The molecule has 1 unspecified atom stereocenters. The van der Waals surface area contributed by atoms with Crippen molar-refractivity contribution in [3.8, 4) is 5.75 Å². The molecule has 5 heteroatoms. The average Bonchev–Trinajstić information content (AvgIpc) is 2.65. The Labute approximate surface area is 145 Å². The van der Waals surface area contributed by atoms with Crippen LogP contribution in [0.1, 0.15) is 38.7 Å². The highest BCUT2D eigenvalue weighted by atomic mass is 16.5. The molecule has 0 radical (unpaired) electrons. The maximum absolute atomic E-state index is 12.2. The third-order valence-corrected chi connectivity index (χ3v) is 4.61. The first-order valence-corrected chi connectivity index (χ1v) is 9.18. The minimum Gasteiger partial charge on any atom is -0.492 e. The SMILES string of the molecule is CCN(CC)CCOc1ccccc1CNC(=O)C1CCCCN1. The quantitative estimate of drug-likeness (QED) is 0.727. The predicted octanol–water partition coefficient (Wildman–Crippen LogP) is 2.17. The second-order valence-corrected chi connectivity index (χ2v) is 6.20. The molecule has 2 rings (SSSR count). The van der Waals surface area contributed by atoms with Crippen LogP contribution in [0.4, 0.5) is 0 Å². The molecule has 0 spiro atoms. The molecule has 1 amide bonds. The van der Waals surface area contributed by atoms with Gasteiger partial charge in [-0.15, -0.1) is 0 Å². The number of piperidine rings is 1. The molecule has 24 heavy (non-hydrogen) atoms. The first-order chi connectivity index (χ1) is 11.7. The monoisotopic (exact) mass is 333 g/mol. The molecule has 1 heterocycles. The summed E-state index contributed by atoms with van der Waals surface area (Å²) < 4.78 is 5.94. The zero-order chi connectivity index (χ0) is 17.2. The number of amides is 1. The van der Waals surface area contributed by atoms with Gasteiger partial charge in [0.2, 0.25) is 5.91 Å². The Kier molecular flexibility index (Phi) is 8.05. The number of ether oxygens (including phenoxy) is 1. The number of para-hydroxylation sites is 1. The van der Waals surface area contributed by atoms with Gasteiger partial charge < -0.3 is 20.3 Å². The van der Waals surface area contributed by atoms with Gasteiger partial charge in [0.15, 0.2) is 0 Å². The van der Waals surface area contributed by atoms with Crippen molar-refractivity contribution in [3.05, 3.63) is 29.8 Å². The molecule has 1 aliphatic rings. The molecule has 1 atom stereocenters. The Balaban J connectivity index is 1.83. The highest BCUT2D eigenvalue weighted by Crippen LogP contribution is 2.18. The van der Waals surface area contributed by atoms with Crippen molar-refractivity contribution in [2.75, 3.05) is 32.8 Å². The maximum atomic E-state index is 12.2. The number of hydrogen-bond acceptors (Lipinski definition) is 4. The predicted molar refractivity (Wildman–Crippen MR) is 97.2 cm³/mol. The summed E-state index contributed by atoms with van der Waals surface area (Å²) in [6, 6.07) is 7.90. The van der Waals surface area contributed by atoms with Crippen LogP contribution in [0.2, 0.25) is 0 Å². The third-order valence-electron chi connectivity index (χ3n) is 4.61. The molecule has 0 aromatic heterocycles. The first kappa shape index (κ1) is 18.7. The van der Waals surface area contributed by atoms with Gasteiger partial charge in [0, 0.05) is 18.7 Å². The van der Waals surface area contributed by atoms with Crippen molar-refractivity contribution in [1.29, 1.82) is 0 Å². The van der Waals surface area contributed by atoms with Crippen molar-refractivity contribution in [1.82, 2.24) is 15.5 Å². The largest absolute Gasteiger partial charge is 0.492 e. The van der Waals surface area contributed by atoms with Gasteiger partial charge in [-0.1, -0.05) is 38.5 Å². The number of carbonyl (C=O) groups excluding carboxylic acids is 1. The maximum Gasteiger partial charge on any atom is 0.237 e. The summed E-state index contributed by atoms with van der Waals surface area (Å²) in [6.07, 6.45) is 3.21. The van der Waals surface area contributed by atoms with Gasteiger partial charge in [-0.05, 0) is 38.5 Å². The fourth-order valence-corrected chi connectivity index (χ4v) is 3.00. The Morgan fingerprint density at radius 3 is 2.79 bits per heavy atom. The van der Waals surface area contributed by atoms with Crippen LogP contribution < -0.4 is 15.4 Å². The molecule has 0 bridgehead atoms. The summed E-state index contributed by atoms with van der Waals surface area (Å²) in [6.45, 7) is 9.41. The number of carbonyl (C=O) groups is 1. The second kappa shape index (κ2) is 10.3. The van der Waals surface area contributed by atoms with Crippen LogP contribution in [0.15, 0.2) is 24.3 Å². The minimum atomic E-state index is -0.0468. The zero-order valence-electron chi connectivity index (χ0n) is 15.0. The van der Waals surface area contributed by atoms with E-state index in [0.717, 1.165) is 56.8 Å². The van der Waals surface area contributed by atoms with Crippen molar-refractivity contribution < 1.29 is 9.53 Å². The van der Waals surface area contributed by atoms with E-state index in [1.165, 1.54) is 0 Å². The standard InChI is InChI=1S/C19H31N3O2/c1-3-22(4-2)13-14-24-18-11-6-5-9-16(18)15-21-19(23)17-10-7-8-12-20-17/h5-6,9,11,17,20H,3-4,7-8,10,12-15H2,1-2H3,(H,21,23). The van der Waals surface area contributed by atoms with Crippen molar-refractivity contribution >= 4 is 5.91 Å². The van der Waals surface area contributed by atoms with Crippen LogP contribution in [0.25, 0.3) is 0 Å². The molecule has 1 fully saturated rings. The Hall–Kier alpha value is -1.59. The molecule has 5 nitrogen and oxygen atoms in total. The number of hydrogen-bond donors (Lipinski definition) is 2. The fraction of sp³-hybridized carbons (Fsp3) is 0.632. The molecule has 0 aliphatic carbocycles. The normalized spacial score (nSPS) is 17.7. The van der Waals surface area contributed by atoms with Crippen molar-refractivity contribution in [2.45, 2.75) is 45.7 Å². The van der Waals surface area contributed by atoms with E-state index >= 15 is 0 Å². The van der Waals surface area contributed by atoms with Gasteiger partial charge in [0.05, 0.1) is 6.04 Å². The molecule has 1 aliphatic heterocycles. The Morgan fingerprint density at radius 2 is 2.08 bits per heavy atom. The number of likely N-dealkylation sites (N-methyl/N-ethyl adjacent to an activating group) is 1. The summed E-state index contributed by atoms with van der Waals surface area (Å²) in [5.74, 6) is 0.953. The summed E-state index contributed by atoms with van der Waals surface area (Å²) in [5, 5.41) is 6.32. The molecular formula is C19H31N3O2. The lowest BCUT2D eigenvalue weighted by molar-refractivity contribution is -0.123. The van der Waals surface area contributed by atoms with E-state index in [4.69, 9.17) is 4.74 Å². The highest BCUT2D eigenvalue weighted by molar-refractivity contribution is 5.81. The van der Waals surface area contributed by atoms with Crippen molar-refractivity contribution in [3.63, 3.8) is 0 Å². The van der Waals surface area contributed by atoms with E-state index in [0.29, 0.717) is 13.2 Å². The fourth-order valence-electron chi connectivity index (χ4n) is 3.00. The molecule has 1 aromatic carbocycles. The number of nitrogens with one attached hydrogen (secondary N) is 2. The second-order valence-electron chi connectivity index (χ2n) is 6.20. The third kappa shape index (κ3) is 5.80. The van der Waals surface area contributed by atoms with E-state index in [-0.39, 0.29) is 11.9 Å². The summed E-state index contributed by atoms with van der Waals surface area (Å²) in [4.78, 5) is 14.6. The molecule has 1 aromatic rings. The van der Waals surface area contributed by atoms with Crippen LogP contribution in [0, 0.1) is 0 Å². The van der Waals surface area contributed by atoms with E-state index in [2.05, 4.69) is 29.4 Å².